The number of rotatable bonds is 2. The van der Waals surface area contributed by atoms with Crippen LogP contribution >= 0.6 is 0 Å². The van der Waals surface area contributed by atoms with E-state index >= 15 is 0 Å². The molecule has 0 unspecified atom stereocenters. The van der Waals surface area contributed by atoms with Gasteiger partial charge in [0.1, 0.15) is 11.6 Å². The normalized spacial score (nSPS) is 11.4. The molecule has 0 fully saturated rings. The summed E-state index contributed by atoms with van der Waals surface area (Å²) in [6.07, 6.45) is -2.85. The molecule has 0 heterocycles. The molecule has 0 radical (unpaired) electrons. The predicted octanol–water partition coefficient (Wildman–Crippen LogP) is 3.59. The fraction of sp³-hybridized carbons (Fsp3) is 0.400. The highest BCUT2D eigenvalue weighted by molar-refractivity contribution is 5.40. The van der Waals surface area contributed by atoms with E-state index < -0.39 is 17.8 Å². The van der Waals surface area contributed by atoms with Crippen molar-refractivity contribution in [2.24, 2.45) is 0 Å². The summed E-state index contributed by atoms with van der Waals surface area (Å²) in [7, 11) is 0. The average molecular weight is 204 g/mol. The smallest absolute Gasteiger partial charge is 0.266 e. The van der Waals surface area contributed by atoms with E-state index in [1.807, 2.05) is 0 Å². The second-order valence-electron chi connectivity index (χ2n) is 3.36. The Morgan fingerprint density at radius 2 is 1.79 bits per heavy atom. The van der Waals surface area contributed by atoms with Crippen molar-refractivity contribution in [2.75, 3.05) is 0 Å². The molecular formula is C10H11F3O. The van der Waals surface area contributed by atoms with Crippen LogP contribution in [0.3, 0.4) is 0 Å². The van der Waals surface area contributed by atoms with Crippen molar-refractivity contribution in [1.29, 1.82) is 0 Å². The van der Waals surface area contributed by atoms with E-state index in [0.717, 1.165) is 12.1 Å². The largest absolute Gasteiger partial charge is 0.508 e. The lowest BCUT2D eigenvalue weighted by Gasteiger charge is -2.12. The highest BCUT2D eigenvalue weighted by Gasteiger charge is 2.20. The first-order valence-electron chi connectivity index (χ1n) is 4.24. The third kappa shape index (κ3) is 1.84. The van der Waals surface area contributed by atoms with Crippen LogP contribution in [0, 0.1) is 5.82 Å². The Hall–Kier alpha value is -1.19. The molecule has 4 heteroatoms. The SMILES string of the molecule is CC(C)c1c(O)ccc(C(F)F)c1F. The van der Waals surface area contributed by atoms with Gasteiger partial charge >= 0.3 is 0 Å². The number of halogens is 3. The standard InChI is InChI=1S/C10H11F3O/c1-5(2)8-7(14)4-3-6(9(8)11)10(12)13/h3-5,10,14H,1-2H3. The molecule has 14 heavy (non-hydrogen) atoms. The number of phenolic OH excluding ortho intramolecular Hbond substituents is 1. The molecule has 1 nitrogen and oxygen atoms in total. The summed E-state index contributed by atoms with van der Waals surface area (Å²) in [6, 6.07) is 2.00. The summed E-state index contributed by atoms with van der Waals surface area (Å²) in [5.74, 6) is -1.61. The Morgan fingerprint density at radius 3 is 2.21 bits per heavy atom. The molecule has 0 spiro atoms. The molecule has 78 valence electrons. The molecule has 0 aliphatic carbocycles. The Bertz CT molecular complexity index is 334. The van der Waals surface area contributed by atoms with Gasteiger partial charge in [-0.15, -0.1) is 0 Å². The fourth-order valence-corrected chi connectivity index (χ4v) is 1.32. The van der Waals surface area contributed by atoms with Crippen LogP contribution in [0.25, 0.3) is 0 Å². The van der Waals surface area contributed by atoms with Crippen molar-refractivity contribution in [1.82, 2.24) is 0 Å². The third-order valence-corrected chi connectivity index (χ3v) is 2.00. The van der Waals surface area contributed by atoms with Gasteiger partial charge in [-0.1, -0.05) is 13.8 Å². The van der Waals surface area contributed by atoms with E-state index in [0.29, 0.717) is 0 Å². The molecule has 1 aromatic carbocycles. The van der Waals surface area contributed by atoms with Gasteiger partial charge in [-0.05, 0) is 18.1 Å². The summed E-state index contributed by atoms with van der Waals surface area (Å²) in [4.78, 5) is 0. The molecule has 0 aliphatic heterocycles. The van der Waals surface area contributed by atoms with Gasteiger partial charge in [0.05, 0.1) is 5.56 Å². The molecule has 1 N–H and O–H groups in total. The van der Waals surface area contributed by atoms with Crippen LogP contribution in [0.2, 0.25) is 0 Å². The average Bonchev–Trinajstić information content (AvgIpc) is 2.02. The number of hydrogen-bond donors (Lipinski definition) is 1. The molecule has 0 amide bonds. The van der Waals surface area contributed by atoms with Crippen LogP contribution in [0.4, 0.5) is 13.2 Å². The van der Waals surface area contributed by atoms with Crippen molar-refractivity contribution in [3.05, 3.63) is 29.1 Å². The summed E-state index contributed by atoms with van der Waals surface area (Å²) in [5, 5.41) is 9.28. The van der Waals surface area contributed by atoms with Crippen molar-refractivity contribution < 1.29 is 18.3 Å². The van der Waals surface area contributed by atoms with Crippen LogP contribution in [0.15, 0.2) is 12.1 Å². The molecule has 0 aromatic heterocycles. The van der Waals surface area contributed by atoms with Gasteiger partial charge in [0, 0.05) is 5.56 Å². The van der Waals surface area contributed by atoms with Crippen LogP contribution < -0.4 is 0 Å². The van der Waals surface area contributed by atoms with Crippen molar-refractivity contribution >= 4 is 0 Å². The van der Waals surface area contributed by atoms with E-state index in [9.17, 15) is 18.3 Å². The Labute approximate surface area is 80.2 Å². The fourth-order valence-electron chi connectivity index (χ4n) is 1.32. The van der Waals surface area contributed by atoms with E-state index in [2.05, 4.69) is 0 Å². The highest BCUT2D eigenvalue weighted by atomic mass is 19.3. The first kappa shape index (κ1) is 10.9. The first-order chi connectivity index (χ1) is 6.45. The van der Waals surface area contributed by atoms with Crippen molar-refractivity contribution in [3.63, 3.8) is 0 Å². The minimum atomic E-state index is -2.85. The van der Waals surface area contributed by atoms with Gasteiger partial charge < -0.3 is 5.11 Å². The maximum atomic E-state index is 13.4. The molecule has 0 saturated carbocycles. The molecule has 0 aliphatic rings. The van der Waals surface area contributed by atoms with Crippen LogP contribution in [0.5, 0.6) is 5.75 Å². The first-order valence-corrected chi connectivity index (χ1v) is 4.24. The third-order valence-electron chi connectivity index (χ3n) is 2.00. The second-order valence-corrected chi connectivity index (χ2v) is 3.36. The zero-order valence-electron chi connectivity index (χ0n) is 7.89. The van der Waals surface area contributed by atoms with Gasteiger partial charge in [0.25, 0.3) is 6.43 Å². The number of phenols is 1. The zero-order valence-corrected chi connectivity index (χ0v) is 7.89. The summed E-state index contributed by atoms with van der Waals surface area (Å²) < 4.78 is 38.0. The van der Waals surface area contributed by atoms with Gasteiger partial charge in [0.15, 0.2) is 0 Å². The number of alkyl halides is 2. The van der Waals surface area contributed by atoms with Crippen LogP contribution in [-0.4, -0.2) is 5.11 Å². The van der Waals surface area contributed by atoms with E-state index in [-0.39, 0.29) is 17.2 Å². The van der Waals surface area contributed by atoms with Crippen molar-refractivity contribution in [3.8, 4) is 5.75 Å². The number of hydrogen-bond acceptors (Lipinski definition) is 1. The van der Waals surface area contributed by atoms with Gasteiger partial charge in [-0.25, -0.2) is 13.2 Å². The second kappa shape index (κ2) is 3.90. The molecule has 1 aromatic rings. The summed E-state index contributed by atoms with van der Waals surface area (Å²) in [5.41, 5.74) is -0.714. The van der Waals surface area contributed by atoms with Crippen molar-refractivity contribution in [2.45, 2.75) is 26.2 Å². The zero-order chi connectivity index (χ0) is 10.9. The summed E-state index contributed by atoms with van der Waals surface area (Å²) in [6.45, 7) is 3.26. The van der Waals surface area contributed by atoms with E-state index in [1.165, 1.54) is 0 Å². The topological polar surface area (TPSA) is 20.2 Å². The van der Waals surface area contributed by atoms with Crippen LogP contribution in [-0.2, 0) is 0 Å². The molecule has 0 bridgehead atoms. The van der Waals surface area contributed by atoms with E-state index in [4.69, 9.17) is 0 Å². The Kier molecular flexibility index (Phi) is 3.03. The lowest BCUT2D eigenvalue weighted by molar-refractivity contribution is 0.146. The van der Waals surface area contributed by atoms with Gasteiger partial charge in [-0.2, -0.15) is 0 Å². The quantitative estimate of drug-likeness (QED) is 0.780. The Balaban J connectivity index is 3.34. The number of aromatic hydroxyl groups is 1. The van der Waals surface area contributed by atoms with Gasteiger partial charge in [-0.3, -0.25) is 0 Å². The maximum Gasteiger partial charge on any atom is 0.266 e. The number of benzene rings is 1. The summed E-state index contributed by atoms with van der Waals surface area (Å²) >= 11 is 0. The highest BCUT2D eigenvalue weighted by Crippen LogP contribution is 2.33. The monoisotopic (exact) mass is 204 g/mol. The van der Waals surface area contributed by atoms with Crippen LogP contribution in [0.1, 0.15) is 37.3 Å². The lowest BCUT2D eigenvalue weighted by atomic mass is 9.98. The molecular weight excluding hydrogens is 193 g/mol. The molecule has 1 rings (SSSR count). The minimum absolute atomic E-state index is 0.0530. The minimum Gasteiger partial charge on any atom is -0.508 e. The van der Waals surface area contributed by atoms with Gasteiger partial charge in [0.2, 0.25) is 0 Å². The molecule has 0 atom stereocenters. The molecule has 0 saturated heterocycles. The predicted molar refractivity (Wildman–Crippen MR) is 47.1 cm³/mol. The lowest BCUT2D eigenvalue weighted by Crippen LogP contribution is -1.99. The van der Waals surface area contributed by atoms with E-state index in [1.54, 1.807) is 13.8 Å². The maximum absolute atomic E-state index is 13.4. The Morgan fingerprint density at radius 1 is 1.21 bits per heavy atom.